The second-order valence-electron chi connectivity index (χ2n) is 6.52. The van der Waals surface area contributed by atoms with E-state index in [1.807, 2.05) is 47.4 Å². The van der Waals surface area contributed by atoms with Crippen LogP contribution >= 0.6 is 0 Å². The van der Waals surface area contributed by atoms with Gasteiger partial charge in [0.05, 0.1) is 12.0 Å². The van der Waals surface area contributed by atoms with Crippen molar-refractivity contribution in [2.75, 3.05) is 18.5 Å². The second kappa shape index (κ2) is 5.78. The van der Waals surface area contributed by atoms with Crippen molar-refractivity contribution in [1.29, 1.82) is 0 Å². The molecule has 2 atom stereocenters. The van der Waals surface area contributed by atoms with Gasteiger partial charge in [-0.25, -0.2) is 0 Å². The number of rotatable bonds is 2. The maximum atomic E-state index is 13.1. The van der Waals surface area contributed by atoms with Crippen molar-refractivity contribution in [2.45, 2.75) is 24.8 Å². The van der Waals surface area contributed by atoms with E-state index in [2.05, 4.69) is 12.1 Å². The third-order valence-corrected chi connectivity index (χ3v) is 5.21. The number of hydrogen-bond donors (Lipinski definition) is 0. The number of nitrogens with zero attached hydrogens (tertiary/aromatic N) is 2. The standard InChI is InChI=1S/C20H20N2O2/c1-21-18-10-6-5-9-15(18)16(13-19(21)23)20(24)22-12-11-17(22)14-7-3-2-4-8-14/h2-10,16-17H,11-13H2,1H3/t16-,17+/m1/s1. The molecule has 0 spiro atoms. The van der Waals surface area contributed by atoms with E-state index in [0.29, 0.717) is 0 Å². The van der Waals surface area contributed by atoms with Crippen molar-refractivity contribution >= 4 is 17.5 Å². The van der Waals surface area contributed by atoms with Gasteiger partial charge in [-0.2, -0.15) is 0 Å². The summed E-state index contributed by atoms with van der Waals surface area (Å²) in [6.07, 6.45) is 1.24. The average Bonchev–Trinajstić information content (AvgIpc) is 2.58. The van der Waals surface area contributed by atoms with E-state index in [1.54, 1.807) is 11.9 Å². The van der Waals surface area contributed by atoms with Crippen LogP contribution < -0.4 is 4.90 Å². The van der Waals surface area contributed by atoms with Gasteiger partial charge in [0.15, 0.2) is 0 Å². The van der Waals surface area contributed by atoms with Gasteiger partial charge in [-0.3, -0.25) is 9.59 Å². The highest BCUT2D eigenvalue weighted by Crippen LogP contribution is 2.41. The molecule has 2 aliphatic rings. The van der Waals surface area contributed by atoms with Gasteiger partial charge in [0.1, 0.15) is 0 Å². The van der Waals surface area contributed by atoms with E-state index in [-0.39, 0.29) is 30.2 Å². The third kappa shape index (κ3) is 2.30. The summed E-state index contributed by atoms with van der Waals surface area (Å²) < 4.78 is 0. The molecule has 0 bridgehead atoms. The SMILES string of the molecule is CN1C(=O)C[C@@H](C(=O)N2CC[C@H]2c2ccccc2)c2ccccc21. The number of fused-ring (bicyclic) bond motifs is 1. The van der Waals surface area contributed by atoms with E-state index in [9.17, 15) is 9.59 Å². The molecule has 24 heavy (non-hydrogen) atoms. The molecule has 122 valence electrons. The van der Waals surface area contributed by atoms with Crippen molar-refractivity contribution in [3.8, 4) is 0 Å². The van der Waals surface area contributed by atoms with Crippen LogP contribution in [-0.2, 0) is 9.59 Å². The van der Waals surface area contributed by atoms with Crippen molar-refractivity contribution in [1.82, 2.24) is 4.90 Å². The minimum absolute atomic E-state index is 0.00355. The highest BCUT2D eigenvalue weighted by Gasteiger charge is 2.41. The molecule has 2 amide bonds. The molecule has 2 aliphatic heterocycles. The molecule has 0 unspecified atom stereocenters. The maximum Gasteiger partial charge on any atom is 0.231 e. The predicted molar refractivity (Wildman–Crippen MR) is 92.7 cm³/mol. The minimum atomic E-state index is -0.364. The number of carbonyl (C=O) groups excluding carboxylic acids is 2. The van der Waals surface area contributed by atoms with E-state index in [4.69, 9.17) is 0 Å². The molecule has 1 saturated heterocycles. The molecule has 0 radical (unpaired) electrons. The first-order valence-corrected chi connectivity index (χ1v) is 8.37. The zero-order valence-electron chi connectivity index (χ0n) is 13.7. The van der Waals surface area contributed by atoms with Crippen molar-refractivity contribution in [2.24, 2.45) is 0 Å². The summed E-state index contributed by atoms with van der Waals surface area (Å²) in [6.45, 7) is 0.765. The maximum absolute atomic E-state index is 13.1. The van der Waals surface area contributed by atoms with Crippen LogP contribution in [0.1, 0.15) is 35.9 Å². The van der Waals surface area contributed by atoms with Gasteiger partial charge in [-0.05, 0) is 23.6 Å². The molecular formula is C20H20N2O2. The Morgan fingerprint density at radius 3 is 2.46 bits per heavy atom. The van der Waals surface area contributed by atoms with E-state index in [1.165, 1.54) is 5.56 Å². The lowest BCUT2D eigenvalue weighted by atomic mass is 9.85. The molecule has 2 aromatic rings. The Hall–Kier alpha value is -2.62. The van der Waals surface area contributed by atoms with Crippen LogP contribution in [-0.4, -0.2) is 30.3 Å². The number of para-hydroxylation sites is 1. The molecular weight excluding hydrogens is 300 g/mol. The third-order valence-electron chi connectivity index (χ3n) is 5.21. The Morgan fingerprint density at radius 1 is 1.04 bits per heavy atom. The Bertz CT molecular complexity index is 787. The highest BCUT2D eigenvalue weighted by atomic mass is 16.2. The van der Waals surface area contributed by atoms with Gasteiger partial charge in [-0.15, -0.1) is 0 Å². The van der Waals surface area contributed by atoms with Crippen LogP contribution in [0.2, 0.25) is 0 Å². The van der Waals surface area contributed by atoms with E-state index >= 15 is 0 Å². The monoisotopic (exact) mass is 320 g/mol. The largest absolute Gasteiger partial charge is 0.335 e. The fourth-order valence-electron chi connectivity index (χ4n) is 3.74. The van der Waals surface area contributed by atoms with Gasteiger partial charge in [0, 0.05) is 25.7 Å². The lowest BCUT2D eigenvalue weighted by Gasteiger charge is -2.44. The predicted octanol–water partition coefficient (Wildman–Crippen LogP) is 3.11. The first-order valence-electron chi connectivity index (χ1n) is 8.37. The van der Waals surface area contributed by atoms with Crippen LogP contribution in [0.4, 0.5) is 5.69 Å². The summed E-state index contributed by atoms with van der Waals surface area (Å²) in [5, 5.41) is 0. The molecule has 0 saturated carbocycles. The molecule has 1 fully saturated rings. The highest BCUT2D eigenvalue weighted by molar-refractivity contribution is 6.02. The number of benzene rings is 2. The molecule has 2 aromatic carbocycles. The summed E-state index contributed by atoms with van der Waals surface area (Å²) in [4.78, 5) is 29.0. The molecule has 2 heterocycles. The number of amides is 2. The van der Waals surface area contributed by atoms with E-state index in [0.717, 1.165) is 24.2 Å². The summed E-state index contributed by atoms with van der Waals surface area (Å²) in [5.74, 6) is -0.288. The van der Waals surface area contributed by atoms with Crippen LogP contribution in [0.15, 0.2) is 54.6 Å². The van der Waals surface area contributed by atoms with Gasteiger partial charge in [0.2, 0.25) is 11.8 Å². The van der Waals surface area contributed by atoms with Gasteiger partial charge < -0.3 is 9.80 Å². The lowest BCUT2D eigenvalue weighted by Crippen LogP contribution is -2.49. The quantitative estimate of drug-likeness (QED) is 0.853. The first-order chi connectivity index (χ1) is 11.7. The van der Waals surface area contributed by atoms with Crippen molar-refractivity contribution < 1.29 is 9.59 Å². The molecule has 4 heteroatoms. The minimum Gasteiger partial charge on any atom is -0.335 e. The summed E-state index contributed by atoms with van der Waals surface area (Å²) in [5.41, 5.74) is 2.98. The molecule has 0 N–H and O–H groups in total. The Kier molecular flexibility index (Phi) is 3.60. The Balaban J connectivity index is 1.63. The smallest absolute Gasteiger partial charge is 0.231 e. The molecule has 0 aliphatic carbocycles. The second-order valence-corrected chi connectivity index (χ2v) is 6.52. The number of hydrogen-bond acceptors (Lipinski definition) is 2. The first kappa shape index (κ1) is 14.9. The van der Waals surface area contributed by atoms with Crippen LogP contribution in [0, 0.1) is 0 Å². The normalized spacial score (nSPS) is 22.8. The summed E-state index contributed by atoms with van der Waals surface area (Å²) in [7, 11) is 1.78. The lowest BCUT2D eigenvalue weighted by molar-refractivity contribution is -0.142. The van der Waals surface area contributed by atoms with Crippen molar-refractivity contribution in [3.05, 3.63) is 65.7 Å². The number of anilines is 1. The molecule has 0 aromatic heterocycles. The zero-order chi connectivity index (χ0) is 16.7. The summed E-state index contributed by atoms with van der Waals surface area (Å²) in [6, 6.07) is 18.0. The number of likely N-dealkylation sites (tertiary alicyclic amines) is 1. The van der Waals surface area contributed by atoms with Crippen molar-refractivity contribution in [3.63, 3.8) is 0 Å². The molecule has 4 rings (SSSR count). The van der Waals surface area contributed by atoms with Crippen LogP contribution in [0.5, 0.6) is 0 Å². The van der Waals surface area contributed by atoms with Crippen LogP contribution in [0.25, 0.3) is 0 Å². The van der Waals surface area contributed by atoms with Crippen LogP contribution in [0.3, 0.4) is 0 Å². The topological polar surface area (TPSA) is 40.6 Å². The Labute approximate surface area is 141 Å². The Morgan fingerprint density at radius 2 is 1.75 bits per heavy atom. The average molecular weight is 320 g/mol. The molecule has 4 nitrogen and oxygen atoms in total. The van der Waals surface area contributed by atoms with Gasteiger partial charge in [0.25, 0.3) is 0 Å². The van der Waals surface area contributed by atoms with Gasteiger partial charge in [-0.1, -0.05) is 48.5 Å². The fraction of sp³-hybridized carbons (Fsp3) is 0.300. The number of carbonyl (C=O) groups is 2. The summed E-state index contributed by atoms with van der Waals surface area (Å²) >= 11 is 0. The van der Waals surface area contributed by atoms with E-state index < -0.39 is 0 Å². The van der Waals surface area contributed by atoms with Gasteiger partial charge >= 0.3 is 0 Å². The fourth-order valence-corrected chi connectivity index (χ4v) is 3.74. The zero-order valence-corrected chi connectivity index (χ0v) is 13.7.